The number of amides is 1. The molecule has 0 saturated carbocycles. The second kappa shape index (κ2) is 5.63. The average molecular weight is 326 g/mol. The van der Waals surface area contributed by atoms with Crippen LogP contribution in [0.15, 0.2) is 42.5 Å². The molecule has 1 amide bonds. The van der Waals surface area contributed by atoms with E-state index in [9.17, 15) is 14.9 Å². The molecule has 1 aliphatic rings. The van der Waals surface area contributed by atoms with E-state index in [1.807, 2.05) is 25.1 Å². The first-order chi connectivity index (χ1) is 11.3. The van der Waals surface area contributed by atoms with Crippen LogP contribution in [0.25, 0.3) is 0 Å². The molecule has 0 aliphatic carbocycles. The second-order valence-corrected chi connectivity index (χ2v) is 6.40. The van der Waals surface area contributed by atoms with Gasteiger partial charge in [0.1, 0.15) is 5.75 Å². The van der Waals surface area contributed by atoms with E-state index in [0.717, 1.165) is 16.8 Å². The molecular formula is C18H18N2O4. The SMILES string of the molecule is Cc1ccc2c(c1)N(Cc1ccc([N+](=O)[O-])cc1)C(=O)C(C)(C)O2. The Morgan fingerprint density at radius 3 is 2.46 bits per heavy atom. The van der Waals surface area contributed by atoms with Gasteiger partial charge in [-0.3, -0.25) is 14.9 Å². The molecule has 0 N–H and O–H groups in total. The molecule has 1 heterocycles. The van der Waals surface area contributed by atoms with Crippen molar-refractivity contribution < 1.29 is 14.5 Å². The summed E-state index contributed by atoms with van der Waals surface area (Å²) in [5.41, 5.74) is 1.64. The lowest BCUT2D eigenvalue weighted by Gasteiger charge is -2.39. The smallest absolute Gasteiger partial charge is 0.271 e. The monoisotopic (exact) mass is 326 g/mol. The van der Waals surface area contributed by atoms with Crippen molar-refractivity contribution in [2.45, 2.75) is 32.9 Å². The van der Waals surface area contributed by atoms with Gasteiger partial charge in [0.2, 0.25) is 0 Å². The van der Waals surface area contributed by atoms with Crippen LogP contribution in [0.3, 0.4) is 0 Å². The summed E-state index contributed by atoms with van der Waals surface area (Å²) in [6, 6.07) is 11.9. The molecule has 0 radical (unpaired) electrons. The van der Waals surface area contributed by atoms with E-state index >= 15 is 0 Å². The summed E-state index contributed by atoms with van der Waals surface area (Å²) in [6.45, 7) is 5.76. The molecule has 0 spiro atoms. The number of nitrogens with zero attached hydrogens (tertiary/aromatic N) is 2. The molecule has 0 saturated heterocycles. The highest BCUT2D eigenvalue weighted by molar-refractivity contribution is 6.02. The van der Waals surface area contributed by atoms with Gasteiger partial charge in [-0.15, -0.1) is 0 Å². The maximum Gasteiger partial charge on any atom is 0.271 e. The molecule has 1 aliphatic heterocycles. The number of ether oxygens (including phenoxy) is 1. The van der Waals surface area contributed by atoms with Crippen LogP contribution in [-0.2, 0) is 11.3 Å². The summed E-state index contributed by atoms with van der Waals surface area (Å²) >= 11 is 0. The minimum atomic E-state index is -0.955. The molecule has 6 nitrogen and oxygen atoms in total. The lowest BCUT2D eigenvalue weighted by Crippen LogP contribution is -2.52. The number of hydrogen-bond donors (Lipinski definition) is 0. The van der Waals surface area contributed by atoms with Gasteiger partial charge in [-0.2, -0.15) is 0 Å². The standard InChI is InChI=1S/C18H18N2O4/c1-12-4-9-16-15(10-12)19(17(21)18(2,3)24-16)11-13-5-7-14(8-6-13)20(22)23/h4-10H,11H2,1-3H3. The van der Waals surface area contributed by atoms with E-state index in [1.54, 1.807) is 30.9 Å². The van der Waals surface area contributed by atoms with Gasteiger partial charge in [-0.1, -0.05) is 18.2 Å². The summed E-state index contributed by atoms with van der Waals surface area (Å²) < 4.78 is 5.82. The number of aryl methyl sites for hydroxylation is 1. The Kier molecular flexibility index (Phi) is 3.75. The largest absolute Gasteiger partial charge is 0.476 e. The Hall–Kier alpha value is -2.89. The number of anilines is 1. The Labute approximate surface area is 139 Å². The number of hydrogen-bond acceptors (Lipinski definition) is 4. The summed E-state index contributed by atoms with van der Waals surface area (Å²) in [5.74, 6) is 0.520. The third-order valence-corrected chi connectivity index (χ3v) is 4.02. The lowest BCUT2D eigenvalue weighted by molar-refractivity contribution is -0.384. The topological polar surface area (TPSA) is 72.7 Å². The second-order valence-electron chi connectivity index (χ2n) is 6.40. The van der Waals surface area contributed by atoms with Crippen molar-refractivity contribution in [1.82, 2.24) is 0 Å². The predicted octanol–water partition coefficient (Wildman–Crippen LogP) is 3.61. The number of nitro benzene ring substituents is 1. The van der Waals surface area contributed by atoms with Crippen molar-refractivity contribution in [2.75, 3.05) is 4.90 Å². The molecule has 24 heavy (non-hydrogen) atoms. The van der Waals surface area contributed by atoms with Crippen LogP contribution in [0.1, 0.15) is 25.0 Å². The summed E-state index contributed by atoms with van der Waals surface area (Å²) in [4.78, 5) is 24.8. The number of rotatable bonds is 3. The van der Waals surface area contributed by atoms with Crippen LogP contribution in [-0.4, -0.2) is 16.4 Å². The van der Waals surface area contributed by atoms with Crippen LogP contribution < -0.4 is 9.64 Å². The normalized spacial score (nSPS) is 15.6. The molecule has 0 atom stereocenters. The Bertz CT molecular complexity index is 812. The summed E-state index contributed by atoms with van der Waals surface area (Å²) in [7, 11) is 0. The maximum absolute atomic E-state index is 12.8. The first-order valence-electron chi connectivity index (χ1n) is 7.63. The van der Waals surface area contributed by atoms with E-state index in [1.165, 1.54) is 12.1 Å². The van der Waals surface area contributed by atoms with Gasteiger partial charge in [-0.05, 0) is 44.0 Å². The van der Waals surface area contributed by atoms with E-state index in [0.29, 0.717) is 12.3 Å². The van der Waals surface area contributed by atoms with Crippen molar-refractivity contribution in [2.24, 2.45) is 0 Å². The Morgan fingerprint density at radius 2 is 1.83 bits per heavy atom. The van der Waals surface area contributed by atoms with Crippen molar-refractivity contribution >= 4 is 17.3 Å². The lowest BCUT2D eigenvalue weighted by atomic mass is 10.0. The van der Waals surface area contributed by atoms with Gasteiger partial charge < -0.3 is 9.64 Å². The van der Waals surface area contributed by atoms with Crippen LogP contribution in [0.4, 0.5) is 11.4 Å². The molecule has 2 aromatic rings. The van der Waals surface area contributed by atoms with E-state index < -0.39 is 10.5 Å². The van der Waals surface area contributed by atoms with Crippen molar-refractivity contribution in [1.29, 1.82) is 0 Å². The van der Waals surface area contributed by atoms with Crippen LogP contribution in [0.5, 0.6) is 5.75 Å². The van der Waals surface area contributed by atoms with Crippen LogP contribution in [0, 0.1) is 17.0 Å². The van der Waals surface area contributed by atoms with Crippen molar-refractivity contribution in [3.63, 3.8) is 0 Å². The molecule has 0 aromatic heterocycles. The molecule has 2 aromatic carbocycles. The van der Waals surface area contributed by atoms with Crippen LogP contribution in [0.2, 0.25) is 0 Å². The first kappa shape index (κ1) is 16.0. The number of benzene rings is 2. The highest BCUT2D eigenvalue weighted by Gasteiger charge is 2.40. The zero-order valence-corrected chi connectivity index (χ0v) is 13.8. The van der Waals surface area contributed by atoms with Crippen LogP contribution >= 0.6 is 0 Å². The number of carbonyl (C=O) groups excluding carboxylic acids is 1. The fourth-order valence-electron chi connectivity index (χ4n) is 2.74. The zero-order valence-electron chi connectivity index (χ0n) is 13.8. The molecule has 6 heteroatoms. The molecular weight excluding hydrogens is 308 g/mol. The number of non-ortho nitro benzene ring substituents is 1. The molecule has 124 valence electrons. The van der Waals surface area contributed by atoms with Gasteiger partial charge in [0, 0.05) is 12.1 Å². The summed E-state index contributed by atoms with van der Waals surface area (Å²) in [5, 5.41) is 10.8. The molecule has 0 fully saturated rings. The molecule has 3 rings (SSSR count). The van der Waals surface area contributed by atoms with E-state index in [-0.39, 0.29) is 11.6 Å². The van der Waals surface area contributed by atoms with Gasteiger partial charge in [0.05, 0.1) is 17.2 Å². The third-order valence-electron chi connectivity index (χ3n) is 4.02. The zero-order chi connectivity index (χ0) is 17.5. The number of nitro groups is 1. The van der Waals surface area contributed by atoms with Gasteiger partial charge >= 0.3 is 0 Å². The minimum Gasteiger partial charge on any atom is -0.476 e. The maximum atomic E-state index is 12.8. The molecule has 0 unspecified atom stereocenters. The third kappa shape index (κ3) is 2.82. The average Bonchev–Trinajstić information content (AvgIpc) is 2.53. The van der Waals surface area contributed by atoms with Crippen molar-refractivity contribution in [3.8, 4) is 5.75 Å². The number of fused-ring (bicyclic) bond motifs is 1. The minimum absolute atomic E-state index is 0.0311. The molecule has 0 bridgehead atoms. The summed E-state index contributed by atoms with van der Waals surface area (Å²) in [6.07, 6.45) is 0. The highest BCUT2D eigenvalue weighted by Crippen LogP contribution is 2.39. The fourth-order valence-corrected chi connectivity index (χ4v) is 2.74. The van der Waals surface area contributed by atoms with Gasteiger partial charge in [0.25, 0.3) is 11.6 Å². The van der Waals surface area contributed by atoms with Gasteiger partial charge in [-0.25, -0.2) is 0 Å². The van der Waals surface area contributed by atoms with E-state index in [2.05, 4.69) is 0 Å². The predicted molar refractivity (Wildman–Crippen MR) is 90.2 cm³/mol. The van der Waals surface area contributed by atoms with Gasteiger partial charge in [0.15, 0.2) is 5.60 Å². The van der Waals surface area contributed by atoms with E-state index in [4.69, 9.17) is 4.74 Å². The number of carbonyl (C=O) groups is 1. The highest BCUT2D eigenvalue weighted by atomic mass is 16.6. The Morgan fingerprint density at radius 1 is 1.17 bits per heavy atom. The first-order valence-corrected chi connectivity index (χ1v) is 7.63. The fraction of sp³-hybridized carbons (Fsp3) is 0.278. The Balaban J connectivity index is 1.98. The van der Waals surface area contributed by atoms with Crippen molar-refractivity contribution in [3.05, 3.63) is 63.7 Å². The quantitative estimate of drug-likeness (QED) is 0.638.